The Morgan fingerprint density at radius 3 is 3.08 bits per heavy atom. The van der Waals surface area contributed by atoms with E-state index in [9.17, 15) is 9.18 Å². The van der Waals surface area contributed by atoms with Crippen LogP contribution in [0.25, 0.3) is 0 Å². The molecule has 2 nitrogen and oxygen atoms in total. The van der Waals surface area contributed by atoms with E-state index in [4.69, 9.17) is 0 Å². The highest BCUT2D eigenvalue weighted by atomic mass is 79.9. The molecular weight excluding hydrogens is 225 g/mol. The van der Waals surface area contributed by atoms with Crippen molar-refractivity contribution in [3.8, 4) is 0 Å². The van der Waals surface area contributed by atoms with Crippen LogP contribution in [0.1, 0.15) is 19.3 Å². The molecule has 1 heterocycles. The van der Waals surface area contributed by atoms with Gasteiger partial charge in [0.25, 0.3) is 0 Å². The summed E-state index contributed by atoms with van der Waals surface area (Å²) in [5.74, 6) is 0.120. The third-order valence-corrected chi connectivity index (χ3v) is 2.88. The number of nitrogens with zero attached hydrogens (tertiary/aromatic N) is 1. The van der Waals surface area contributed by atoms with Gasteiger partial charge in [-0.15, -0.1) is 0 Å². The van der Waals surface area contributed by atoms with Crippen molar-refractivity contribution in [1.29, 1.82) is 0 Å². The molecule has 0 spiro atoms. The lowest BCUT2D eigenvalue weighted by atomic mass is 10.1. The van der Waals surface area contributed by atoms with Crippen LogP contribution in [0, 0.1) is 0 Å². The van der Waals surface area contributed by atoms with Crippen molar-refractivity contribution in [2.45, 2.75) is 24.1 Å². The van der Waals surface area contributed by atoms with E-state index in [0.717, 1.165) is 19.4 Å². The first-order valence-corrected chi connectivity index (χ1v) is 5.16. The third-order valence-electron chi connectivity index (χ3n) is 2.03. The Morgan fingerprint density at radius 2 is 2.42 bits per heavy atom. The first-order chi connectivity index (χ1) is 5.75. The monoisotopic (exact) mass is 237 g/mol. The van der Waals surface area contributed by atoms with Crippen molar-refractivity contribution in [3.63, 3.8) is 0 Å². The zero-order chi connectivity index (χ0) is 8.97. The summed E-state index contributed by atoms with van der Waals surface area (Å²) in [6, 6.07) is 0. The van der Waals surface area contributed by atoms with Gasteiger partial charge in [0.2, 0.25) is 5.91 Å². The third kappa shape index (κ3) is 2.44. The zero-order valence-electron chi connectivity index (χ0n) is 6.93. The van der Waals surface area contributed by atoms with E-state index >= 15 is 0 Å². The summed E-state index contributed by atoms with van der Waals surface area (Å²) >= 11 is 3.30. The second-order valence-electron chi connectivity index (χ2n) is 2.98. The molecule has 4 heteroatoms. The highest BCUT2D eigenvalue weighted by Gasteiger charge is 2.25. The SMILES string of the molecule is O=C1C(Br)CCCN1CCCF. The lowest BCUT2D eigenvalue weighted by molar-refractivity contribution is -0.132. The van der Waals surface area contributed by atoms with E-state index in [2.05, 4.69) is 15.9 Å². The summed E-state index contributed by atoms with van der Waals surface area (Å²) < 4.78 is 11.8. The molecule has 0 aromatic heterocycles. The Morgan fingerprint density at radius 1 is 1.67 bits per heavy atom. The number of alkyl halides is 2. The molecule has 1 aliphatic heterocycles. The van der Waals surface area contributed by atoms with E-state index in [1.165, 1.54) is 0 Å². The van der Waals surface area contributed by atoms with Crippen molar-refractivity contribution in [2.75, 3.05) is 19.8 Å². The molecule has 1 unspecified atom stereocenters. The molecule has 0 aromatic rings. The van der Waals surface area contributed by atoms with E-state index in [0.29, 0.717) is 13.0 Å². The molecule has 1 fully saturated rings. The summed E-state index contributed by atoms with van der Waals surface area (Å²) in [5, 5.41) is 0. The Balaban J connectivity index is 2.36. The molecule has 0 aromatic carbocycles. The largest absolute Gasteiger partial charge is 0.342 e. The number of carbonyl (C=O) groups excluding carboxylic acids is 1. The molecular formula is C8H13BrFNO. The number of hydrogen-bond acceptors (Lipinski definition) is 1. The fourth-order valence-electron chi connectivity index (χ4n) is 1.37. The molecule has 0 N–H and O–H groups in total. The lowest BCUT2D eigenvalue weighted by Crippen LogP contribution is -2.42. The minimum atomic E-state index is -0.337. The second-order valence-corrected chi connectivity index (χ2v) is 4.08. The van der Waals surface area contributed by atoms with Crippen LogP contribution in [0.2, 0.25) is 0 Å². The number of carbonyl (C=O) groups is 1. The maximum absolute atomic E-state index is 11.8. The minimum absolute atomic E-state index is 0.0362. The van der Waals surface area contributed by atoms with Gasteiger partial charge in [-0.25, -0.2) is 0 Å². The Labute approximate surface area is 80.2 Å². The Hall–Kier alpha value is -0.120. The molecule has 0 aliphatic carbocycles. The predicted octanol–water partition coefficient (Wildman–Crippen LogP) is 1.73. The van der Waals surface area contributed by atoms with Crippen LogP contribution >= 0.6 is 15.9 Å². The standard InChI is InChI=1S/C8H13BrFNO/c9-7-3-1-5-11(8(7)12)6-2-4-10/h7H,1-6H2. The average molecular weight is 238 g/mol. The van der Waals surface area contributed by atoms with Gasteiger partial charge in [-0.05, 0) is 19.3 Å². The second kappa shape index (κ2) is 4.80. The molecule has 1 rings (SSSR count). The topological polar surface area (TPSA) is 20.3 Å². The number of halogens is 2. The number of likely N-dealkylation sites (tertiary alicyclic amines) is 1. The van der Waals surface area contributed by atoms with Gasteiger partial charge >= 0.3 is 0 Å². The van der Waals surface area contributed by atoms with Crippen LogP contribution in [0.3, 0.4) is 0 Å². The fourth-order valence-corrected chi connectivity index (χ4v) is 1.98. The van der Waals surface area contributed by atoms with Gasteiger partial charge in [0, 0.05) is 13.1 Å². The van der Waals surface area contributed by atoms with E-state index in [-0.39, 0.29) is 17.4 Å². The molecule has 0 saturated carbocycles. The van der Waals surface area contributed by atoms with Gasteiger partial charge in [0.1, 0.15) is 0 Å². The van der Waals surface area contributed by atoms with Crippen molar-refractivity contribution in [2.24, 2.45) is 0 Å². The smallest absolute Gasteiger partial charge is 0.236 e. The summed E-state index contributed by atoms with van der Waals surface area (Å²) in [4.78, 5) is 13.1. The molecule has 1 aliphatic rings. The average Bonchev–Trinajstić information content (AvgIpc) is 2.08. The van der Waals surface area contributed by atoms with Crippen LogP contribution in [0.5, 0.6) is 0 Å². The molecule has 1 amide bonds. The number of hydrogen-bond donors (Lipinski definition) is 0. The van der Waals surface area contributed by atoms with Crippen LogP contribution in [0.4, 0.5) is 4.39 Å². The van der Waals surface area contributed by atoms with Gasteiger partial charge < -0.3 is 4.90 Å². The number of piperidine rings is 1. The van der Waals surface area contributed by atoms with Crippen molar-refractivity contribution in [1.82, 2.24) is 4.90 Å². The maximum Gasteiger partial charge on any atom is 0.236 e. The van der Waals surface area contributed by atoms with Gasteiger partial charge in [-0.2, -0.15) is 0 Å². The van der Waals surface area contributed by atoms with Crippen LogP contribution in [-0.4, -0.2) is 35.4 Å². The van der Waals surface area contributed by atoms with Crippen LogP contribution < -0.4 is 0 Å². The minimum Gasteiger partial charge on any atom is -0.342 e. The van der Waals surface area contributed by atoms with Crippen LogP contribution in [-0.2, 0) is 4.79 Å². The van der Waals surface area contributed by atoms with E-state index in [1.807, 2.05) is 0 Å². The first kappa shape index (κ1) is 9.96. The highest BCUT2D eigenvalue weighted by Crippen LogP contribution is 2.18. The van der Waals surface area contributed by atoms with Crippen molar-refractivity contribution >= 4 is 21.8 Å². The Kier molecular flexibility index (Phi) is 3.98. The van der Waals surface area contributed by atoms with Gasteiger partial charge in [0.05, 0.1) is 11.5 Å². The lowest BCUT2D eigenvalue weighted by Gasteiger charge is -2.29. The Bertz CT molecular complexity index is 165. The van der Waals surface area contributed by atoms with Gasteiger partial charge in [0.15, 0.2) is 0 Å². The van der Waals surface area contributed by atoms with Crippen molar-refractivity contribution in [3.05, 3.63) is 0 Å². The summed E-state index contributed by atoms with van der Waals surface area (Å²) in [6.07, 6.45) is 2.39. The fraction of sp³-hybridized carbons (Fsp3) is 0.875. The molecule has 70 valence electrons. The first-order valence-electron chi connectivity index (χ1n) is 4.24. The molecule has 1 saturated heterocycles. The zero-order valence-corrected chi connectivity index (χ0v) is 8.52. The molecule has 12 heavy (non-hydrogen) atoms. The quantitative estimate of drug-likeness (QED) is 0.685. The van der Waals surface area contributed by atoms with Gasteiger partial charge in [-0.3, -0.25) is 9.18 Å². The highest BCUT2D eigenvalue weighted by molar-refractivity contribution is 9.10. The number of amides is 1. The summed E-state index contributed by atoms with van der Waals surface area (Å²) in [7, 11) is 0. The van der Waals surface area contributed by atoms with E-state index < -0.39 is 0 Å². The number of rotatable bonds is 3. The molecule has 0 bridgehead atoms. The molecule has 1 atom stereocenters. The summed E-state index contributed by atoms with van der Waals surface area (Å²) in [5.41, 5.74) is 0. The normalized spacial score (nSPS) is 24.7. The van der Waals surface area contributed by atoms with Crippen molar-refractivity contribution < 1.29 is 9.18 Å². The van der Waals surface area contributed by atoms with E-state index in [1.54, 1.807) is 4.90 Å². The maximum atomic E-state index is 11.8. The predicted molar refractivity (Wildman–Crippen MR) is 49.1 cm³/mol. The van der Waals surface area contributed by atoms with Gasteiger partial charge in [-0.1, -0.05) is 15.9 Å². The molecule has 0 radical (unpaired) electrons. The summed E-state index contributed by atoms with van der Waals surface area (Å²) in [6.45, 7) is 1.02. The van der Waals surface area contributed by atoms with Crippen LogP contribution in [0.15, 0.2) is 0 Å².